The summed E-state index contributed by atoms with van der Waals surface area (Å²) in [6.07, 6.45) is 9.28. The third-order valence-electron chi connectivity index (χ3n) is 9.10. The molecule has 2 aromatic heterocycles. The highest BCUT2D eigenvalue weighted by Crippen LogP contribution is 2.40. The van der Waals surface area contributed by atoms with Crippen LogP contribution in [0.1, 0.15) is 109 Å². The summed E-state index contributed by atoms with van der Waals surface area (Å²) < 4.78 is 16.6. The molecule has 4 aromatic rings. The van der Waals surface area contributed by atoms with Crippen molar-refractivity contribution in [1.82, 2.24) is 24.8 Å². The summed E-state index contributed by atoms with van der Waals surface area (Å²) in [5.74, 6) is 3.36. The Balaban J connectivity index is 0.000000485. The van der Waals surface area contributed by atoms with Crippen LogP contribution in [0.25, 0.3) is 33.6 Å². The summed E-state index contributed by atoms with van der Waals surface area (Å²) in [4.78, 5) is 41.6. The second-order valence-corrected chi connectivity index (χ2v) is 15.7. The van der Waals surface area contributed by atoms with Crippen LogP contribution in [0.5, 0.6) is 5.75 Å². The molecule has 3 aliphatic rings. The van der Waals surface area contributed by atoms with Crippen LogP contribution < -0.4 is 4.74 Å². The number of likely N-dealkylation sites (tertiary alicyclic amines) is 1. The van der Waals surface area contributed by atoms with Gasteiger partial charge in [0, 0.05) is 30.1 Å². The Labute approximate surface area is 300 Å². The summed E-state index contributed by atoms with van der Waals surface area (Å²) in [6.45, 7) is 12.3. The molecule has 0 radical (unpaired) electrons. The van der Waals surface area contributed by atoms with Gasteiger partial charge in [-0.3, -0.25) is 4.90 Å². The van der Waals surface area contributed by atoms with Crippen molar-refractivity contribution in [3.05, 3.63) is 66.0 Å². The van der Waals surface area contributed by atoms with E-state index in [4.69, 9.17) is 14.5 Å². The lowest BCUT2D eigenvalue weighted by atomic mass is 9.99. The van der Waals surface area contributed by atoms with E-state index in [1.54, 1.807) is 20.8 Å². The van der Waals surface area contributed by atoms with Crippen LogP contribution in [0.3, 0.4) is 0 Å². The van der Waals surface area contributed by atoms with E-state index in [1.165, 1.54) is 25.7 Å². The fourth-order valence-electron chi connectivity index (χ4n) is 6.86. The lowest BCUT2D eigenvalue weighted by molar-refractivity contribution is 0.0218. The number of carbonyl (C=O) groups excluding carboxylic acids is 2. The summed E-state index contributed by atoms with van der Waals surface area (Å²) in [7, 11) is 0. The largest absolute Gasteiger partial charge is 0.492 e. The SMILES string of the molecule is CC(C)(C)OC(=O)N1CCC[C@H]1c1nc2c([nH]1)CCOc1cc(-c3ccc(-c4cnc(C5CCCC5)[nH]4)cc3)ccc1-2.CC(C)(C)OC(=O)S. The number of imidazole rings is 2. The summed E-state index contributed by atoms with van der Waals surface area (Å²) in [6, 6.07) is 14.9. The zero-order valence-electron chi connectivity index (χ0n) is 30.0. The molecular formula is C39H49N5O5S. The second-order valence-electron chi connectivity index (χ2n) is 15.3. The van der Waals surface area contributed by atoms with Crippen molar-refractivity contribution in [3.8, 4) is 39.4 Å². The van der Waals surface area contributed by atoms with Crippen molar-refractivity contribution in [2.24, 2.45) is 0 Å². The maximum Gasteiger partial charge on any atom is 0.410 e. The maximum absolute atomic E-state index is 12.9. The van der Waals surface area contributed by atoms with Crippen molar-refractivity contribution < 1.29 is 23.8 Å². The minimum Gasteiger partial charge on any atom is -0.492 e. The van der Waals surface area contributed by atoms with E-state index in [2.05, 4.69) is 74.8 Å². The molecule has 1 saturated carbocycles. The lowest BCUT2D eigenvalue weighted by Crippen LogP contribution is -2.36. The first kappa shape index (κ1) is 35.6. The fourth-order valence-corrected chi connectivity index (χ4v) is 7.13. The number of amides is 1. The highest BCUT2D eigenvalue weighted by atomic mass is 32.1. The van der Waals surface area contributed by atoms with Crippen LogP contribution in [0, 0.1) is 0 Å². The predicted molar refractivity (Wildman–Crippen MR) is 198 cm³/mol. The van der Waals surface area contributed by atoms with Crippen molar-refractivity contribution in [2.75, 3.05) is 13.2 Å². The molecule has 50 heavy (non-hydrogen) atoms. The Bertz CT molecular complexity index is 1810. The van der Waals surface area contributed by atoms with Gasteiger partial charge < -0.3 is 24.2 Å². The fraction of sp³-hybridized carbons (Fsp3) is 0.487. The Hall–Kier alpha value is -4.25. The number of aromatic nitrogens is 4. The van der Waals surface area contributed by atoms with Gasteiger partial charge in [0.25, 0.3) is 0 Å². The normalized spacial score (nSPS) is 17.6. The van der Waals surface area contributed by atoms with Gasteiger partial charge >= 0.3 is 11.4 Å². The molecule has 10 nitrogen and oxygen atoms in total. The van der Waals surface area contributed by atoms with E-state index in [0.717, 1.165) is 76.0 Å². The summed E-state index contributed by atoms with van der Waals surface area (Å²) in [5.41, 5.74) is 6.44. The number of hydrogen-bond donors (Lipinski definition) is 3. The molecule has 1 saturated heterocycles. The van der Waals surface area contributed by atoms with Crippen LogP contribution >= 0.6 is 12.6 Å². The van der Waals surface area contributed by atoms with Crippen LogP contribution in [0.4, 0.5) is 9.59 Å². The van der Waals surface area contributed by atoms with Gasteiger partial charge in [-0.15, -0.1) is 0 Å². The molecule has 2 aromatic carbocycles. The van der Waals surface area contributed by atoms with Crippen LogP contribution in [0.15, 0.2) is 48.7 Å². The Morgan fingerprint density at radius 1 is 0.860 bits per heavy atom. The molecule has 7 rings (SSSR count). The van der Waals surface area contributed by atoms with E-state index in [0.29, 0.717) is 19.1 Å². The number of aromatic amines is 2. The Kier molecular flexibility index (Phi) is 10.3. The topological polar surface area (TPSA) is 122 Å². The maximum atomic E-state index is 12.9. The number of nitrogens with one attached hydrogen (secondary N) is 2. The summed E-state index contributed by atoms with van der Waals surface area (Å²) >= 11 is 3.43. The number of H-pyrrole nitrogens is 2. The smallest absolute Gasteiger partial charge is 0.410 e. The van der Waals surface area contributed by atoms with E-state index >= 15 is 0 Å². The molecule has 0 unspecified atom stereocenters. The molecule has 4 heterocycles. The number of benzene rings is 2. The highest BCUT2D eigenvalue weighted by molar-refractivity contribution is 7.96. The number of hydrogen-bond acceptors (Lipinski definition) is 7. The molecule has 0 spiro atoms. The molecule has 1 atom stereocenters. The van der Waals surface area contributed by atoms with E-state index in [-0.39, 0.29) is 12.1 Å². The molecule has 2 fully saturated rings. The summed E-state index contributed by atoms with van der Waals surface area (Å²) in [5, 5.41) is -0.530. The zero-order chi connectivity index (χ0) is 35.6. The van der Waals surface area contributed by atoms with Crippen molar-refractivity contribution in [2.45, 2.75) is 110 Å². The van der Waals surface area contributed by atoms with E-state index < -0.39 is 16.5 Å². The number of rotatable bonds is 4. The molecule has 266 valence electrons. The lowest BCUT2D eigenvalue weighted by Gasteiger charge is -2.27. The monoisotopic (exact) mass is 699 g/mol. The van der Waals surface area contributed by atoms with E-state index in [1.807, 2.05) is 31.9 Å². The first-order valence-electron chi connectivity index (χ1n) is 17.7. The molecule has 1 aliphatic carbocycles. The molecule has 11 heteroatoms. The predicted octanol–water partition coefficient (Wildman–Crippen LogP) is 9.65. The highest BCUT2D eigenvalue weighted by Gasteiger charge is 2.36. The zero-order valence-corrected chi connectivity index (χ0v) is 30.9. The average molecular weight is 700 g/mol. The Morgan fingerprint density at radius 2 is 1.54 bits per heavy atom. The van der Waals surface area contributed by atoms with Gasteiger partial charge in [-0.05, 0) is 96.0 Å². The minimum absolute atomic E-state index is 0.113. The van der Waals surface area contributed by atoms with Crippen molar-refractivity contribution >= 4 is 24.0 Å². The number of nitrogens with zero attached hydrogens (tertiary/aromatic N) is 3. The number of thiol groups is 1. The van der Waals surface area contributed by atoms with Crippen LogP contribution in [-0.2, 0) is 15.9 Å². The van der Waals surface area contributed by atoms with Crippen LogP contribution in [0.2, 0.25) is 0 Å². The van der Waals surface area contributed by atoms with E-state index in [9.17, 15) is 9.59 Å². The standard InChI is InChI=1S/C34H39N5O3.C5H10O2S/c1-34(2,3)42-33(40)39-17-6-9-28(39)32-36-26-16-18-41-29-19-24(14-15-25(29)30(26)38-32)21-10-12-22(13-11-21)27-20-35-31(37-27)23-7-4-5-8-23;1-5(2,3)7-4(6)8/h10-15,19-20,23,28H,4-9,16-18H2,1-3H3,(H,35,37)(H,36,38);1-3H3,(H,6,8)/t28-;/m0./s1. The minimum atomic E-state index is -0.531. The molecule has 2 N–H and O–H groups in total. The van der Waals surface area contributed by atoms with Gasteiger partial charge in [-0.25, -0.2) is 19.6 Å². The van der Waals surface area contributed by atoms with Gasteiger partial charge in [0.1, 0.15) is 28.6 Å². The third-order valence-corrected chi connectivity index (χ3v) is 9.19. The molecule has 2 aliphatic heterocycles. The Morgan fingerprint density at radius 3 is 2.20 bits per heavy atom. The van der Waals surface area contributed by atoms with Gasteiger partial charge in [0.15, 0.2) is 0 Å². The van der Waals surface area contributed by atoms with Gasteiger partial charge in [-0.2, -0.15) is 0 Å². The number of ether oxygens (including phenoxy) is 3. The number of fused-ring (bicyclic) bond motifs is 3. The first-order valence-corrected chi connectivity index (χ1v) is 18.1. The molecule has 1 amide bonds. The first-order chi connectivity index (χ1) is 23.7. The van der Waals surface area contributed by atoms with Crippen LogP contribution in [-0.4, -0.2) is 60.6 Å². The third kappa shape index (κ3) is 8.54. The van der Waals surface area contributed by atoms with Gasteiger partial charge in [-0.1, -0.05) is 55.8 Å². The quantitative estimate of drug-likeness (QED) is 0.143. The van der Waals surface area contributed by atoms with Gasteiger partial charge in [0.2, 0.25) is 0 Å². The van der Waals surface area contributed by atoms with Crippen molar-refractivity contribution in [1.29, 1.82) is 0 Å². The number of carbonyl (C=O) groups is 2. The second kappa shape index (κ2) is 14.5. The molecule has 0 bridgehead atoms. The average Bonchev–Trinajstić information content (AvgIpc) is 3.85. The van der Waals surface area contributed by atoms with Gasteiger partial charge in [0.05, 0.1) is 30.2 Å². The van der Waals surface area contributed by atoms with Crippen molar-refractivity contribution in [3.63, 3.8) is 0 Å². The molecular weight excluding hydrogens is 651 g/mol.